The first kappa shape index (κ1) is 23.1. The molecule has 0 radical (unpaired) electrons. The number of aromatic amines is 1. The molecule has 2 N–H and O–H groups in total. The highest BCUT2D eigenvalue weighted by atomic mass is 32.2. The van der Waals surface area contributed by atoms with Crippen molar-refractivity contribution in [3.05, 3.63) is 82.7 Å². The Morgan fingerprint density at radius 1 is 1.00 bits per heavy atom. The lowest BCUT2D eigenvalue weighted by molar-refractivity contribution is 0.546. The van der Waals surface area contributed by atoms with Crippen molar-refractivity contribution in [3.63, 3.8) is 0 Å². The zero-order chi connectivity index (χ0) is 23.8. The summed E-state index contributed by atoms with van der Waals surface area (Å²) in [5.74, 6) is -0.285. The van der Waals surface area contributed by atoms with Crippen LogP contribution in [0.1, 0.15) is 35.6 Å². The van der Waals surface area contributed by atoms with Crippen LogP contribution in [-0.2, 0) is 16.4 Å². The van der Waals surface area contributed by atoms with Crippen LogP contribution in [0.2, 0.25) is 0 Å². The molecule has 0 saturated heterocycles. The lowest BCUT2D eigenvalue weighted by atomic mass is 10.0. The zero-order valence-electron chi connectivity index (χ0n) is 19.2. The van der Waals surface area contributed by atoms with E-state index in [2.05, 4.69) is 21.0 Å². The highest BCUT2D eigenvalue weighted by molar-refractivity contribution is 7.89. The second kappa shape index (κ2) is 9.08. The first-order valence-corrected chi connectivity index (χ1v) is 12.5. The number of sulfonamides is 1. The molecule has 0 amide bonds. The van der Waals surface area contributed by atoms with Gasteiger partial charge in [-0.25, -0.2) is 17.5 Å². The molecule has 3 aromatic carbocycles. The second-order valence-corrected chi connectivity index (χ2v) is 10.4. The minimum Gasteiger partial charge on any atom is -0.277 e. The summed E-state index contributed by atoms with van der Waals surface area (Å²) in [6, 6.07) is 15.9. The summed E-state index contributed by atoms with van der Waals surface area (Å²) in [5.41, 5.74) is 6.15. The minimum absolute atomic E-state index is 0.230. The smallest absolute Gasteiger partial charge is 0.241 e. The van der Waals surface area contributed by atoms with Crippen molar-refractivity contribution in [1.29, 1.82) is 0 Å². The number of aryl methyl sites for hydroxylation is 4. The van der Waals surface area contributed by atoms with E-state index in [1.165, 1.54) is 12.1 Å². The molecule has 172 valence electrons. The topological polar surface area (TPSA) is 74.8 Å². The minimum atomic E-state index is -3.61. The normalized spacial score (nSPS) is 12.9. The first-order valence-electron chi connectivity index (χ1n) is 11.0. The molecule has 0 aliphatic rings. The Labute approximate surface area is 194 Å². The number of fused-ring (bicyclic) bond motifs is 1. The van der Waals surface area contributed by atoms with E-state index in [0.29, 0.717) is 17.7 Å². The van der Waals surface area contributed by atoms with Gasteiger partial charge in [0.2, 0.25) is 10.0 Å². The Bertz CT molecular complexity index is 1390. The molecular formula is C26H28FN3O2S. The largest absolute Gasteiger partial charge is 0.277 e. The summed E-state index contributed by atoms with van der Waals surface area (Å²) in [4.78, 5) is 0.365. The van der Waals surface area contributed by atoms with Crippen LogP contribution in [0.3, 0.4) is 0 Å². The van der Waals surface area contributed by atoms with Crippen molar-refractivity contribution in [3.8, 4) is 11.3 Å². The van der Waals surface area contributed by atoms with E-state index in [1.54, 1.807) is 12.1 Å². The molecule has 5 nitrogen and oxygen atoms in total. The summed E-state index contributed by atoms with van der Waals surface area (Å²) in [7, 11) is -3.61. The summed E-state index contributed by atoms with van der Waals surface area (Å²) in [6.45, 7) is 7.51. The van der Waals surface area contributed by atoms with Crippen LogP contribution in [-0.4, -0.2) is 24.7 Å². The SMILES string of the molecule is Cc1cc(C)c(S(=O)(=O)N[C@@H](C)CCc2ccc3[nH]nc(-c4ccc(F)cc4)c3c2)c(C)c1. The highest BCUT2D eigenvalue weighted by Crippen LogP contribution is 2.28. The fraction of sp³-hybridized carbons (Fsp3) is 0.269. The molecule has 0 bridgehead atoms. The van der Waals surface area contributed by atoms with Gasteiger partial charge in [0, 0.05) is 17.0 Å². The molecule has 4 aromatic rings. The Kier molecular flexibility index (Phi) is 6.36. The summed E-state index contributed by atoms with van der Waals surface area (Å²) in [5, 5.41) is 8.38. The second-order valence-electron chi connectivity index (χ2n) is 8.75. The number of aromatic nitrogens is 2. The first-order chi connectivity index (χ1) is 15.6. The molecule has 0 aliphatic carbocycles. The van der Waals surface area contributed by atoms with Crippen LogP contribution >= 0.6 is 0 Å². The van der Waals surface area contributed by atoms with Crippen molar-refractivity contribution in [2.45, 2.75) is 51.5 Å². The van der Waals surface area contributed by atoms with Crippen molar-refractivity contribution >= 4 is 20.9 Å². The number of H-pyrrole nitrogens is 1. The van der Waals surface area contributed by atoms with Gasteiger partial charge in [-0.1, -0.05) is 23.8 Å². The molecule has 7 heteroatoms. The number of hydrogen-bond acceptors (Lipinski definition) is 3. The van der Waals surface area contributed by atoms with Crippen LogP contribution in [0.15, 0.2) is 59.5 Å². The molecule has 1 heterocycles. The zero-order valence-corrected chi connectivity index (χ0v) is 20.1. The number of rotatable bonds is 7. The number of benzene rings is 3. The predicted octanol–water partition coefficient (Wildman–Crippen LogP) is 5.59. The highest BCUT2D eigenvalue weighted by Gasteiger charge is 2.22. The summed E-state index contributed by atoms with van der Waals surface area (Å²) < 4.78 is 42.2. The molecular weight excluding hydrogens is 437 g/mol. The quantitative estimate of drug-likeness (QED) is 0.373. The van der Waals surface area contributed by atoms with Crippen LogP contribution in [0.5, 0.6) is 0 Å². The number of nitrogens with zero attached hydrogens (tertiary/aromatic N) is 1. The standard InChI is InChI=1S/C26H28FN3O2S/c1-16-13-17(2)26(18(3)14-16)33(31,32)30-19(4)5-6-20-7-12-24-23(15-20)25(29-28-24)21-8-10-22(27)11-9-21/h7-15,19,30H,5-6H2,1-4H3,(H,28,29)/t19-/m0/s1. The van der Waals surface area contributed by atoms with E-state index in [1.807, 2.05) is 52.0 Å². The predicted molar refractivity (Wildman–Crippen MR) is 130 cm³/mol. The lowest BCUT2D eigenvalue weighted by Gasteiger charge is -2.17. The third kappa shape index (κ3) is 4.99. The fourth-order valence-electron chi connectivity index (χ4n) is 4.40. The molecule has 1 atom stereocenters. The molecule has 0 aliphatic heterocycles. The number of nitrogens with one attached hydrogen (secondary N) is 2. The monoisotopic (exact) mass is 465 g/mol. The van der Waals surface area contributed by atoms with Gasteiger partial charge >= 0.3 is 0 Å². The Morgan fingerprint density at radius 2 is 1.67 bits per heavy atom. The van der Waals surface area contributed by atoms with Gasteiger partial charge in [-0.3, -0.25) is 5.10 Å². The molecule has 0 spiro atoms. The number of hydrogen-bond donors (Lipinski definition) is 2. The van der Waals surface area contributed by atoms with E-state index < -0.39 is 10.0 Å². The van der Waals surface area contributed by atoms with Gasteiger partial charge in [0.15, 0.2) is 0 Å². The van der Waals surface area contributed by atoms with Crippen molar-refractivity contribution in [2.24, 2.45) is 0 Å². The third-order valence-electron chi connectivity index (χ3n) is 5.84. The van der Waals surface area contributed by atoms with Crippen LogP contribution in [0.25, 0.3) is 22.2 Å². The molecule has 0 saturated carbocycles. The fourth-order valence-corrected chi connectivity index (χ4v) is 6.13. The maximum atomic E-state index is 13.3. The van der Waals surface area contributed by atoms with Crippen LogP contribution in [0.4, 0.5) is 4.39 Å². The van der Waals surface area contributed by atoms with Gasteiger partial charge in [0.25, 0.3) is 0 Å². The van der Waals surface area contributed by atoms with Gasteiger partial charge < -0.3 is 0 Å². The van der Waals surface area contributed by atoms with Crippen LogP contribution < -0.4 is 4.72 Å². The average Bonchev–Trinajstić information content (AvgIpc) is 3.14. The lowest BCUT2D eigenvalue weighted by Crippen LogP contribution is -2.33. The van der Waals surface area contributed by atoms with Crippen molar-refractivity contribution < 1.29 is 12.8 Å². The van der Waals surface area contributed by atoms with E-state index >= 15 is 0 Å². The van der Waals surface area contributed by atoms with Crippen LogP contribution in [0, 0.1) is 26.6 Å². The Hall–Kier alpha value is -3.03. The number of halogens is 1. The van der Waals surface area contributed by atoms with E-state index in [0.717, 1.165) is 44.4 Å². The van der Waals surface area contributed by atoms with E-state index in [9.17, 15) is 12.8 Å². The molecule has 4 rings (SSSR count). The molecule has 33 heavy (non-hydrogen) atoms. The summed E-state index contributed by atoms with van der Waals surface area (Å²) in [6.07, 6.45) is 1.36. The van der Waals surface area contributed by atoms with E-state index in [-0.39, 0.29) is 11.9 Å². The molecule has 0 unspecified atom stereocenters. The van der Waals surface area contributed by atoms with Gasteiger partial charge in [0.05, 0.1) is 16.1 Å². The van der Waals surface area contributed by atoms with Crippen molar-refractivity contribution in [2.75, 3.05) is 0 Å². The maximum absolute atomic E-state index is 13.3. The summed E-state index contributed by atoms with van der Waals surface area (Å²) >= 11 is 0. The van der Waals surface area contributed by atoms with Gasteiger partial charge in [0.1, 0.15) is 5.82 Å². The van der Waals surface area contributed by atoms with Gasteiger partial charge in [-0.15, -0.1) is 0 Å². The Morgan fingerprint density at radius 3 is 2.33 bits per heavy atom. The van der Waals surface area contributed by atoms with Gasteiger partial charge in [-0.05, 0) is 93.6 Å². The molecule has 1 aromatic heterocycles. The Balaban J connectivity index is 1.49. The van der Waals surface area contributed by atoms with E-state index in [4.69, 9.17) is 0 Å². The average molecular weight is 466 g/mol. The van der Waals surface area contributed by atoms with Crippen molar-refractivity contribution in [1.82, 2.24) is 14.9 Å². The maximum Gasteiger partial charge on any atom is 0.241 e. The molecule has 0 fully saturated rings. The third-order valence-corrected chi connectivity index (χ3v) is 7.73. The van der Waals surface area contributed by atoms with Gasteiger partial charge in [-0.2, -0.15) is 5.10 Å².